The van der Waals surface area contributed by atoms with Gasteiger partial charge < -0.3 is 20.6 Å². The summed E-state index contributed by atoms with van der Waals surface area (Å²) in [5.74, 6) is -1.79. The average molecular weight is 239 g/mol. The molecule has 1 amide bonds. The van der Waals surface area contributed by atoms with Crippen molar-refractivity contribution in [2.45, 2.75) is 12.2 Å². The lowest BCUT2D eigenvalue weighted by molar-refractivity contribution is -0.153. The number of amides is 1. The van der Waals surface area contributed by atoms with E-state index in [1.165, 1.54) is 31.3 Å². The smallest absolute Gasteiger partial charge is 0.335 e. The molecule has 0 saturated heterocycles. The molecule has 0 fully saturated rings. The SMILES string of the molecule is CNC(=O)c1ccc(C(O)C(O)C(=O)O)cc1. The van der Waals surface area contributed by atoms with Crippen molar-refractivity contribution in [3.8, 4) is 0 Å². The van der Waals surface area contributed by atoms with Gasteiger partial charge in [0.1, 0.15) is 6.10 Å². The van der Waals surface area contributed by atoms with E-state index in [1.807, 2.05) is 0 Å². The fourth-order valence-electron chi connectivity index (χ4n) is 1.29. The Morgan fingerprint density at radius 1 is 1.18 bits per heavy atom. The lowest BCUT2D eigenvalue weighted by atomic mass is 10.0. The van der Waals surface area contributed by atoms with Crippen molar-refractivity contribution in [2.75, 3.05) is 7.05 Å². The second-order valence-electron chi connectivity index (χ2n) is 3.43. The number of carboxylic acids is 1. The van der Waals surface area contributed by atoms with Gasteiger partial charge in [0.05, 0.1) is 0 Å². The Morgan fingerprint density at radius 2 is 1.71 bits per heavy atom. The van der Waals surface area contributed by atoms with Crippen molar-refractivity contribution < 1.29 is 24.9 Å². The maximum atomic E-state index is 11.2. The van der Waals surface area contributed by atoms with Crippen molar-refractivity contribution in [1.29, 1.82) is 0 Å². The van der Waals surface area contributed by atoms with Gasteiger partial charge in [-0.2, -0.15) is 0 Å². The second kappa shape index (κ2) is 5.42. The molecule has 0 bridgehead atoms. The summed E-state index contributed by atoms with van der Waals surface area (Å²) in [7, 11) is 1.49. The first-order valence-corrected chi connectivity index (χ1v) is 4.88. The third-order valence-corrected chi connectivity index (χ3v) is 2.29. The Kier molecular flexibility index (Phi) is 4.19. The summed E-state index contributed by atoms with van der Waals surface area (Å²) < 4.78 is 0. The molecule has 1 rings (SSSR count). The number of carboxylic acid groups (broad SMARTS) is 1. The van der Waals surface area contributed by atoms with Gasteiger partial charge >= 0.3 is 5.97 Å². The topological polar surface area (TPSA) is 107 Å². The van der Waals surface area contributed by atoms with Gasteiger partial charge in [-0.15, -0.1) is 0 Å². The van der Waals surface area contributed by atoms with Crippen molar-refractivity contribution >= 4 is 11.9 Å². The Bertz CT molecular complexity index is 414. The summed E-state index contributed by atoms with van der Waals surface area (Å²) in [6, 6.07) is 5.65. The molecule has 0 aromatic heterocycles. The Balaban J connectivity index is 2.87. The molecule has 0 aliphatic carbocycles. The first kappa shape index (κ1) is 13.1. The van der Waals surface area contributed by atoms with E-state index in [0.29, 0.717) is 5.56 Å². The van der Waals surface area contributed by atoms with Gasteiger partial charge in [0.25, 0.3) is 5.91 Å². The zero-order valence-electron chi connectivity index (χ0n) is 9.12. The molecule has 1 aromatic rings. The van der Waals surface area contributed by atoms with Crippen LogP contribution in [0.25, 0.3) is 0 Å². The number of benzene rings is 1. The van der Waals surface area contributed by atoms with Gasteiger partial charge in [0.2, 0.25) is 0 Å². The molecule has 0 heterocycles. The van der Waals surface area contributed by atoms with Crippen LogP contribution < -0.4 is 5.32 Å². The fraction of sp³-hybridized carbons (Fsp3) is 0.273. The van der Waals surface area contributed by atoms with Gasteiger partial charge in [-0.05, 0) is 17.7 Å². The zero-order valence-corrected chi connectivity index (χ0v) is 9.12. The van der Waals surface area contributed by atoms with E-state index in [4.69, 9.17) is 10.2 Å². The Morgan fingerprint density at radius 3 is 2.12 bits per heavy atom. The molecular formula is C11H13NO5. The minimum atomic E-state index is -1.89. The first-order chi connectivity index (χ1) is 7.97. The number of carbonyl (C=O) groups is 2. The molecule has 0 radical (unpaired) electrons. The molecule has 1 aromatic carbocycles. The van der Waals surface area contributed by atoms with Crippen molar-refractivity contribution in [2.24, 2.45) is 0 Å². The van der Waals surface area contributed by atoms with E-state index in [-0.39, 0.29) is 11.5 Å². The number of aliphatic hydroxyl groups excluding tert-OH is 2. The lowest BCUT2D eigenvalue weighted by Crippen LogP contribution is -2.27. The molecule has 2 unspecified atom stereocenters. The summed E-state index contributed by atoms with van der Waals surface area (Å²) in [6.07, 6.45) is -3.41. The molecule has 4 N–H and O–H groups in total. The normalized spacial score (nSPS) is 13.8. The molecule has 2 atom stereocenters. The van der Waals surface area contributed by atoms with Crippen molar-refractivity contribution in [3.63, 3.8) is 0 Å². The number of nitrogens with one attached hydrogen (secondary N) is 1. The van der Waals surface area contributed by atoms with Crippen LogP contribution >= 0.6 is 0 Å². The minimum absolute atomic E-state index is 0.229. The number of carbonyl (C=O) groups excluding carboxylic acids is 1. The standard InChI is InChI=1S/C11H13NO5/c1-12-10(15)7-4-2-6(3-5-7)8(13)9(14)11(16)17/h2-5,8-9,13-14H,1H3,(H,12,15)(H,16,17). The van der Waals surface area contributed by atoms with Gasteiger partial charge in [0.15, 0.2) is 6.10 Å². The van der Waals surface area contributed by atoms with E-state index in [0.717, 1.165) is 0 Å². The van der Waals surface area contributed by atoms with E-state index in [1.54, 1.807) is 0 Å². The number of aliphatic hydroxyl groups is 2. The third-order valence-electron chi connectivity index (χ3n) is 2.29. The van der Waals surface area contributed by atoms with Gasteiger partial charge in [-0.1, -0.05) is 12.1 Å². The van der Waals surface area contributed by atoms with E-state index in [2.05, 4.69) is 5.32 Å². The Hall–Kier alpha value is -1.92. The molecule has 0 aliphatic rings. The van der Waals surface area contributed by atoms with Crippen LogP contribution in [-0.4, -0.2) is 40.3 Å². The molecule has 0 aliphatic heterocycles. The van der Waals surface area contributed by atoms with E-state index in [9.17, 15) is 14.7 Å². The summed E-state index contributed by atoms with van der Waals surface area (Å²) in [6.45, 7) is 0. The highest BCUT2D eigenvalue weighted by molar-refractivity contribution is 5.93. The van der Waals surface area contributed by atoms with Crippen LogP contribution in [0.1, 0.15) is 22.0 Å². The van der Waals surface area contributed by atoms with Crippen LogP contribution in [0.15, 0.2) is 24.3 Å². The summed E-state index contributed by atoms with van der Waals surface area (Å²) in [4.78, 5) is 21.7. The minimum Gasteiger partial charge on any atom is -0.479 e. The highest BCUT2D eigenvalue weighted by atomic mass is 16.4. The zero-order chi connectivity index (χ0) is 13.0. The number of hydrogen-bond acceptors (Lipinski definition) is 4. The molecule has 0 saturated carbocycles. The first-order valence-electron chi connectivity index (χ1n) is 4.88. The largest absolute Gasteiger partial charge is 0.479 e. The number of rotatable bonds is 4. The van der Waals surface area contributed by atoms with Crippen molar-refractivity contribution in [1.82, 2.24) is 5.32 Å². The van der Waals surface area contributed by atoms with Gasteiger partial charge in [-0.3, -0.25) is 4.79 Å². The van der Waals surface area contributed by atoms with Crippen LogP contribution in [0.5, 0.6) is 0 Å². The summed E-state index contributed by atoms with van der Waals surface area (Å²) in [5.41, 5.74) is 0.612. The maximum absolute atomic E-state index is 11.2. The average Bonchev–Trinajstić information content (AvgIpc) is 2.36. The van der Waals surface area contributed by atoms with Gasteiger partial charge in [-0.25, -0.2) is 4.79 Å². The third kappa shape index (κ3) is 3.02. The quantitative estimate of drug-likeness (QED) is 0.568. The van der Waals surface area contributed by atoms with Gasteiger partial charge in [0, 0.05) is 12.6 Å². The molecule has 6 nitrogen and oxygen atoms in total. The lowest BCUT2D eigenvalue weighted by Gasteiger charge is -2.14. The summed E-state index contributed by atoms with van der Waals surface area (Å²) in [5, 5.41) is 29.6. The molecule has 0 spiro atoms. The predicted octanol–water partition coefficient (Wildman–Crippen LogP) is -0.475. The van der Waals surface area contributed by atoms with Crippen LogP contribution in [0, 0.1) is 0 Å². The van der Waals surface area contributed by atoms with E-state index < -0.39 is 18.2 Å². The molecular weight excluding hydrogens is 226 g/mol. The maximum Gasteiger partial charge on any atom is 0.335 e. The van der Waals surface area contributed by atoms with Crippen LogP contribution in [0.4, 0.5) is 0 Å². The number of aliphatic carboxylic acids is 1. The Labute approximate surface area is 97.5 Å². The van der Waals surface area contributed by atoms with Crippen molar-refractivity contribution in [3.05, 3.63) is 35.4 Å². The highest BCUT2D eigenvalue weighted by Crippen LogP contribution is 2.17. The fourth-order valence-corrected chi connectivity index (χ4v) is 1.29. The summed E-state index contributed by atoms with van der Waals surface area (Å²) >= 11 is 0. The molecule has 92 valence electrons. The molecule has 17 heavy (non-hydrogen) atoms. The monoisotopic (exact) mass is 239 g/mol. The van der Waals surface area contributed by atoms with Crippen LogP contribution in [0.3, 0.4) is 0 Å². The molecule has 6 heteroatoms. The van der Waals surface area contributed by atoms with E-state index >= 15 is 0 Å². The second-order valence-corrected chi connectivity index (χ2v) is 3.43. The number of hydrogen-bond donors (Lipinski definition) is 4. The predicted molar refractivity (Wildman–Crippen MR) is 58.4 cm³/mol. The van der Waals surface area contributed by atoms with Crippen LogP contribution in [0.2, 0.25) is 0 Å². The highest BCUT2D eigenvalue weighted by Gasteiger charge is 2.24. The van der Waals surface area contributed by atoms with Crippen LogP contribution in [-0.2, 0) is 4.79 Å².